The van der Waals surface area contributed by atoms with Crippen molar-refractivity contribution in [3.8, 4) is 11.5 Å². The van der Waals surface area contributed by atoms with Crippen LogP contribution in [0.2, 0.25) is 5.02 Å². The second kappa shape index (κ2) is 9.71. The number of hydrogen-bond donors (Lipinski definition) is 1. The molecule has 162 valence electrons. The monoisotopic (exact) mass is 430 g/mol. The third-order valence-electron chi connectivity index (χ3n) is 5.89. The quantitative estimate of drug-likeness (QED) is 0.689. The predicted octanol–water partition coefficient (Wildman–Crippen LogP) is 4.73. The van der Waals surface area contributed by atoms with Gasteiger partial charge in [-0.1, -0.05) is 32.4 Å². The highest BCUT2D eigenvalue weighted by Crippen LogP contribution is 2.40. The predicted molar refractivity (Wildman–Crippen MR) is 121 cm³/mol. The first-order chi connectivity index (χ1) is 14.4. The molecule has 0 fully saturated rings. The van der Waals surface area contributed by atoms with Gasteiger partial charge in [0.25, 0.3) is 5.91 Å². The fraction of sp³-hybridized carbons (Fsp3) is 0.458. The standard InChI is InChI=1S/C24H31ClN2O3/c1-6-27-12-11-17-13-20(29-4)21(30-5)14-19(17)23(27)22(15(2)3)26-24(28)16-7-9-18(25)10-8-16/h7-10,13-15,22-23H,6,11-12H2,1-5H3,(H,26,28)/t22-,23-/m1/s1. The van der Waals surface area contributed by atoms with Crippen molar-refractivity contribution < 1.29 is 14.3 Å². The normalized spacial score (nSPS) is 17.4. The van der Waals surface area contributed by atoms with Crippen molar-refractivity contribution in [1.82, 2.24) is 10.2 Å². The first kappa shape index (κ1) is 22.4. The largest absolute Gasteiger partial charge is 0.493 e. The van der Waals surface area contributed by atoms with E-state index < -0.39 is 0 Å². The molecule has 0 radical (unpaired) electrons. The number of benzene rings is 2. The van der Waals surface area contributed by atoms with Crippen LogP contribution in [-0.2, 0) is 6.42 Å². The van der Waals surface area contributed by atoms with Crippen LogP contribution >= 0.6 is 11.6 Å². The molecule has 1 heterocycles. The van der Waals surface area contributed by atoms with Gasteiger partial charge in [0.05, 0.1) is 26.3 Å². The molecule has 1 aliphatic rings. The second-order valence-electron chi connectivity index (χ2n) is 7.98. The van der Waals surface area contributed by atoms with Gasteiger partial charge in [-0.15, -0.1) is 0 Å². The van der Waals surface area contributed by atoms with Crippen molar-refractivity contribution in [3.05, 3.63) is 58.1 Å². The van der Waals surface area contributed by atoms with Crippen LogP contribution in [0.1, 0.15) is 48.3 Å². The number of rotatable bonds is 7. The Hall–Kier alpha value is -2.24. The molecule has 0 saturated carbocycles. The molecule has 1 aliphatic heterocycles. The third kappa shape index (κ3) is 4.57. The number of fused-ring (bicyclic) bond motifs is 1. The number of carbonyl (C=O) groups is 1. The Labute approximate surface area is 184 Å². The van der Waals surface area contributed by atoms with Crippen molar-refractivity contribution in [2.45, 2.75) is 39.3 Å². The molecule has 0 bridgehead atoms. The zero-order chi connectivity index (χ0) is 21.8. The summed E-state index contributed by atoms with van der Waals surface area (Å²) in [6.45, 7) is 8.30. The van der Waals surface area contributed by atoms with Crippen molar-refractivity contribution in [2.24, 2.45) is 5.92 Å². The Morgan fingerprint density at radius 1 is 1.17 bits per heavy atom. The number of nitrogens with zero attached hydrogens (tertiary/aromatic N) is 1. The maximum atomic E-state index is 13.0. The number of ether oxygens (including phenoxy) is 2. The minimum absolute atomic E-state index is 0.0507. The van der Waals surface area contributed by atoms with E-state index in [2.05, 4.69) is 43.1 Å². The van der Waals surface area contributed by atoms with E-state index in [-0.39, 0.29) is 23.9 Å². The maximum Gasteiger partial charge on any atom is 0.251 e. The van der Waals surface area contributed by atoms with Gasteiger partial charge >= 0.3 is 0 Å². The third-order valence-corrected chi connectivity index (χ3v) is 6.15. The van der Waals surface area contributed by atoms with Crippen LogP contribution in [-0.4, -0.2) is 44.2 Å². The number of methoxy groups -OCH3 is 2. The summed E-state index contributed by atoms with van der Waals surface area (Å²) in [4.78, 5) is 15.5. The molecule has 1 amide bonds. The minimum Gasteiger partial charge on any atom is -0.493 e. The highest BCUT2D eigenvalue weighted by atomic mass is 35.5. The molecule has 2 atom stereocenters. The van der Waals surface area contributed by atoms with Gasteiger partial charge < -0.3 is 14.8 Å². The van der Waals surface area contributed by atoms with Crippen molar-refractivity contribution in [1.29, 1.82) is 0 Å². The fourth-order valence-corrected chi connectivity index (χ4v) is 4.38. The van der Waals surface area contributed by atoms with E-state index >= 15 is 0 Å². The van der Waals surface area contributed by atoms with E-state index in [1.54, 1.807) is 38.5 Å². The van der Waals surface area contributed by atoms with Gasteiger partial charge in [-0.25, -0.2) is 0 Å². The Bertz CT molecular complexity index is 883. The molecule has 0 aromatic heterocycles. The Morgan fingerprint density at radius 2 is 1.80 bits per heavy atom. The fourth-order valence-electron chi connectivity index (χ4n) is 4.25. The molecule has 0 spiro atoms. The average Bonchev–Trinajstić information content (AvgIpc) is 2.75. The van der Waals surface area contributed by atoms with Crippen molar-refractivity contribution in [3.63, 3.8) is 0 Å². The number of amides is 1. The second-order valence-corrected chi connectivity index (χ2v) is 8.42. The lowest BCUT2D eigenvalue weighted by Gasteiger charge is -2.43. The number of hydrogen-bond acceptors (Lipinski definition) is 4. The Kier molecular flexibility index (Phi) is 7.27. The van der Waals surface area contributed by atoms with E-state index in [4.69, 9.17) is 21.1 Å². The van der Waals surface area contributed by atoms with E-state index in [1.807, 2.05) is 0 Å². The molecule has 1 N–H and O–H groups in total. The van der Waals surface area contributed by atoms with Crippen LogP contribution in [0.4, 0.5) is 0 Å². The smallest absolute Gasteiger partial charge is 0.251 e. The van der Waals surface area contributed by atoms with Gasteiger partial charge in [0.1, 0.15) is 0 Å². The topological polar surface area (TPSA) is 50.8 Å². The molecular formula is C24H31ClN2O3. The molecule has 30 heavy (non-hydrogen) atoms. The molecule has 2 aromatic rings. The van der Waals surface area contributed by atoms with Crippen LogP contribution in [0, 0.1) is 5.92 Å². The summed E-state index contributed by atoms with van der Waals surface area (Å²) in [7, 11) is 3.31. The van der Waals surface area contributed by atoms with Crippen molar-refractivity contribution >= 4 is 17.5 Å². The van der Waals surface area contributed by atoms with Gasteiger partial charge in [-0.2, -0.15) is 0 Å². The average molecular weight is 431 g/mol. The highest BCUT2D eigenvalue weighted by molar-refractivity contribution is 6.30. The SMILES string of the molecule is CCN1CCc2cc(OC)c(OC)cc2[C@@H]1[C@H](NC(=O)c1ccc(Cl)cc1)C(C)C. The van der Waals surface area contributed by atoms with Gasteiger partial charge in [0, 0.05) is 17.1 Å². The number of carbonyl (C=O) groups excluding carboxylic acids is 1. The summed E-state index contributed by atoms with van der Waals surface area (Å²) in [5, 5.41) is 3.91. The molecule has 3 rings (SSSR count). The zero-order valence-corrected chi connectivity index (χ0v) is 19.1. The van der Waals surface area contributed by atoms with E-state index in [9.17, 15) is 4.79 Å². The summed E-state index contributed by atoms with van der Waals surface area (Å²) >= 11 is 5.98. The van der Waals surface area contributed by atoms with Gasteiger partial charge in [-0.05, 0) is 66.4 Å². The van der Waals surface area contributed by atoms with E-state index in [1.165, 1.54) is 11.1 Å². The van der Waals surface area contributed by atoms with E-state index in [0.717, 1.165) is 25.3 Å². The maximum absolute atomic E-state index is 13.0. The van der Waals surface area contributed by atoms with E-state index in [0.29, 0.717) is 16.3 Å². The number of likely N-dealkylation sites (N-methyl/N-ethyl adjacent to an activating group) is 1. The Balaban J connectivity index is 2.00. The Morgan fingerprint density at radius 3 is 2.37 bits per heavy atom. The summed E-state index contributed by atoms with van der Waals surface area (Å²) < 4.78 is 11.1. The molecular weight excluding hydrogens is 400 g/mol. The van der Waals surface area contributed by atoms with Crippen LogP contribution in [0.25, 0.3) is 0 Å². The van der Waals surface area contributed by atoms with Gasteiger partial charge in [-0.3, -0.25) is 9.69 Å². The summed E-state index contributed by atoms with van der Waals surface area (Å²) in [5.74, 6) is 1.60. The molecule has 0 unspecified atom stereocenters. The van der Waals surface area contributed by atoms with Crippen molar-refractivity contribution in [2.75, 3.05) is 27.3 Å². The summed E-state index contributed by atoms with van der Waals surface area (Å²) in [6.07, 6.45) is 0.940. The van der Waals surface area contributed by atoms with Crippen LogP contribution in [0.3, 0.4) is 0 Å². The first-order valence-electron chi connectivity index (χ1n) is 10.4. The number of nitrogens with one attached hydrogen (secondary N) is 1. The molecule has 6 heteroatoms. The zero-order valence-electron chi connectivity index (χ0n) is 18.4. The molecule has 5 nitrogen and oxygen atoms in total. The lowest BCUT2D eigenvalue weighted by molar-refractivity contribution is 0.0834. The summed E-state index contributed by atoms with van der Waals surface area (Å²) in [6, 6.07) is 11.1. The minimum atomic E-state index is -0.0889. The molecule has 2 aromatic carbocycles. The lowest BCUT2D eigenvalue weighted by Crippen LogP contribution is -2.51. The highest BCUT2D eigenvalue weighted by Gasteiger charge is 2.36. The molecule has 0 aliphatic carbocycles. The first-order valence-corrected chi connectivity index (χ1v) is 10.8. The van der Waals surface area contributed by atoms with Crippen LogP contribution in [0.5, 0.6) is 11.5 Å². The molecule has 0 saturated heterocycles. The van der Waals surface area contributed by atoms with Crippen LogP contribution in [0.15, 0.2) is 36.4 Å². The van der Waals surface area contributed by atoms with Gasteiger partial charge in [0.2, 0.25) is 0 Å². The van der Waals surface area contributed by atoms with Gasteiger partial charge in [0.15, 0.2) is 11.5 Å². The number of halogens is 1. The lowest BCUT2D eigenvalue weighted by atomic mass is 9.83. The van der Waals surface area contributed by atoms with Crippen LogP contribution < -0.4 is 14.8 Å². The summed E-state index contributed by atoms with van der Waals surface area (Å²) in [5.41, 5.74) is 3.04.